The quantitative estimate of drug-likeness (QED) is 0.730. The minimum atomic E-state index is -0.512. The molecule has 92 valence electrons. The molecule has 0 bridgehead atoms. The number of anilines is 1. The zero-order valence-electron chi connectivity index (χ0n) is 10.1. The molecule has 1 aromatic heterocycles. The smallest absolute Gasteiger partial charge is 0.356 e. The summed E-state index contributed by atoms with van der Waals surface area (Å²) in [6.45, 7) is 2.00. The molecule has 1 aliphatic heterocycles. The fourth-order valence-corrected chi connectivity index (χ4v) is 2.60. The van der Waals surface area contributed by atoms with Gasteiger partial charge in [0.2, 0.25) is 0 Å². The van der Waals surface area contributed by atoms with E-state index in [-0.39, 0.29) is 5.69 Å². The maximum absolute atomic E-state index is 11.4. The summed E-state index contributed by atoms with van der Waals surface area (Å²) in [5.41, 5.74) is 1.32. The first kappa shape index (κ1) is 11.0. The van der Waals surface area contributed by atoms with E-state index < -0.39 is 5.97 Å². The van der Waals surface area contributed by atoms with Gasteiger partial charge in [0.15, 0.2) is 5.69 Å². The van der Waals surface area contributed by atoms with Crippen LogP contribution in [-0.4, -0.2) is 31.2 Å². The maximum atomic E-state index is 11.4. The van der Waals surface area contributed by atoms with E-state index in [4.69, 9.17) is 5.26 Å². The molecule has 1 aromatic rings. The third kappa shape index (κ3) is 1.70. The summed E-state index contributed by atoms with van der Waals surface area (Å²) in [5.74, 6) is 1.07. The van der Waals surface area contributed by atoms with Crippen molar-refractivity contribution in [2.24, 2.45) is 11.8 Å². The molecule has 5 nitrogen and oxygen atoms in total. The number of ether oxygens (including phenoxy) is 1. The van der Waals surface area contributed by atoms with Gasteiger partial charge in [-0.3, -0.25) is 0 Å². The number of nitrogens with zero attached hydrogens (tertiary/aromatic N) is 3. The molecule has 1 saturated heterocycles. The van der Waals surface area contributed by atoms with Crippen molar-refractivity contribution in [2.45, 2.75) is 6.42 Å². The number of nitriles is 1. The number of hydrogen-bond donors (Lipinski definition) is 0. The number of fused-ring (bicyclic) bond motifs is 1. The average molecular weight is 243 g/mol. The van der Waals surface area contributed by atoms with E-state index in [0.29, 0.717) is 5.69 Å². The fraction of sp³-hybridized carbons (Fsp3) is 0.462. The molecule has 3 rings (SSSR count). The Balaban J connectivity index is 1.90. The predicted octanol–water partition coefficient (Wildman–Crippen LogP) is 1.20. The van der Waals surface area contributed by atoms with Crippen molar-refractivity contribution in [3.63, 3.8) is 0 Å². The van der Waals surface area contributed by atoms with Gasteiger partial charge in [-0.2, -0.15) is 5.26 Å². The monoisotopic (exact) mass is 243 g/mol. The van der Waals surface area contributed by atoms with Gasteiger partial charge in [0.05, 0.1) is 12.8 Å². The topological polar surface area (TPSA) is 66.2 Å². The first-order valence-corrected chi connectivity index (χ1v) is 5.97. The second-order valence-corrected chi connectivity index (χ2v) is 4.83. The molecule has 0 spiro atoms. The van der Waals surface area contributed by atoms with Gasteiger partial charge in [-0.05, 0) is 30.4 Å². The Labute approximate surface area is 105 Å². The second-order valence-electron chi connectivity index (χ2n) is 4.83. The molecule has 2 aliphatic rings. The van der Waals surface area contributed by atoms with E-state index in [9.17, 15) is 4.79 Å². The number of hydrogen-bond acceptors (Lipinski definition) is 5. The van der Waals surface area contributed by atoms with Crippen LogP contribution in [0.4, 0.5) is 5.69 Å². The van der Waals surface area contributed by atoms with E-state index in [2.05, 4.69) is 20.7 Å². The fourth-order valence-electron chi connectivity index (χ4n) is 2.60. The largest absolute Gasteiger partial charge is 0.464 e. The van der Waals surface area contributed by atoms with Crippen molar-refractivity contribution in [2.75, 3.05) is 25.1 Å². The van der Waals surface area contributed by atoms with Gasteiger partial charge in [-0.15, -0.1) is 0 Å². The van der Waals surface area contributed by atoms with E-state index in [1.165, 1.54) is 13.5 Å². The molecule has 2 fully saturated rings. The van der Waals surface area contributed by atoms with E-state index >= 15 is 0 Å². The molecule has 5 heteroatoms. The van der Waals surface area contributed by atoms with Crippen LogP contribution in [0.2, 0.25) is 0 Å². The van der Waals surface area contributed by atoms with Gasteiger partial charge >= 0.3 is 5.97 Å². The standard InChI is InChI=1S/C13H13N3O2/c1-18-13(17)10-2-3-12(11(5-14)15-10)16-6-8-4-9(8)7-16/h2-3,8-9H,4,6-7H2,1H3. The van der Waals surface area contributed by atoms with E-state index in [1.807, 2.05) is 0 Å². The summed E-state index contributed by atoms with van der Waals surface area (Å²) >= 11 is 0. The molecule has 0 amide bonds. The molecule has 0 N–H and O–H groups in total. The molecular formula is C13H13N3O2. The molecule has 1 aliphatic carbocycles. The number of aromatic nitrogens is 1. The van der Waals surface area contributed by atoms with E-state index in [0.717, 1.165) is 30.6 Å². The van der Waals surface area contributed by atoms with Crippen LogP contribution in [0.1, 0.15) is 22.6 Å². The molecule has 0 aromatic carbocycles. The highest BCUT2D eigenvalue weighted by molar-refractivity contribution is 5.87. The number of esters is 1. The lowest BCUT2D eigenvalue weighted by Crippen LogP contribution is -2.23. The molecule has 1 saturated carbocycles. The van der Waals surface area contributed by atoms with Crippen molar-refractivity contribution >= 4 is 11.7 Å². The van der Waals surface area contributed by atoms with Crippen molar-refractivity contribution in [3.8, 4) is 6.07 Å². The molecule has 2 atom stereocenters. The van der Waals surface area contributed by atoms with Crippen molar-refractivity contribution in [1.82, 2.24) is 4.98 Å². The van der Waals surface area contributed by atoms with Crippen molar-refractivity contribution in [3.05, 3.63) is 23.5 Å². The van der Waals surface area contributed by atoms with Gasteiger partial charge in [0, 0.05) is 13.1 Å². The minimum absolute atomic E-state index is 0.183. The summed E-state index contributed by atoms with van der Waals surface area (Å²) in [4.78, 5) is 17.6. The molecule has 0 radical (unpaired) electrons. The lowest BCUT2D eigenvalue weighted by Gasteiger charge is -2.20. The Hall–Kier alpha value is -2.09. The maximum Gasteiger partial charge on any atom is 0.356 e. The third-order valence-electron chi connectivity index (χ3n) is 3.69. The Bertz CT molecular complexity index is 540. The summed E-state index contributed by atoms with van der Waals surface area (Å²) < 4.78 is 4.60. The average Bonchev–Trinajstić information content (AvgIpc) is 3.03. The summed E-state index contributed by atoms with van der Waals surface area (Å²) in [6.07, 6.45) is 1.31. The van der Waals surface area contributed by atoms with Gasteiger partial charge in [-0.25, -0.2) is 9.78 Å². The van der Waals surface area contributed by atoms with Crippen LogP contribution in [-0.2, 0) is 4.74 Å². The second kappa shape index (κ2) is 3.98. The predicted molar refractivity (Wildman–Crippen MR) is 64.1 cm³/mol. The number of carbonyl (C=O) groups is 1. The number of carbonyl (C=O) groups excluding carboxylic acids is 1. The number of pyridine rings is 1. The molecule has 2 unspecified atom stereocenters. The Morgan fingerprint density at radius 3 is 2.83 bits per heavy atom. The zero-order chi connectivity index (χ0) is 12.7. The SMILES string of the molecule is COC(=O)c1ccc(N2CC3CC3C2)c(C#N)n1. The Morgan fingerprint density at radius 1 is 1.50 bits per heavy atom. The summed E-state index contributed by atoms with van der Waals surface area (Å²) in [5, 5.41) is 9.14. The van der Waals surface area contributed by atoms with Crippen LogP contribution >= 0.6 is 0 Å². The van der Waals surface area contributed by atoms with Crippen molar-refractivity contribution < 1.29 is 9.53 Å². The summed E-state index contributed by atoms with van der Waals surface area (Å²) in [7, 11) is 1.30. The van der Waals surface area contributed by atoms with Gasteiger partial charge in [0.1, 0.15) is 11.8 Å². The van der Waals surface area contributed by atoms with Crippen LogP contribution in [0.5, 0.6) is 0 Å². The lowest BCUT2D eigenvalue weighted by molar-refractivity contribution is 0.0594. The molecule has 18 heavy (non-hydrogen) atoms. The van der Waals surface area contributed by atoms with Gasteiger partial charge in [0.25, 0.3) is 0 Å². The van der Waals surface area contributed by atoms with Gasteiger partial charge < -0.3 is 9.64 Å². The van der Waals surface area contributed by atoms with Crippen LogP contribution in [0.25, 0.3) is 0 Å². The lowest BCUT2D eigenvalue weighted by atomic mass is 10.2. The van der Waals surface area contributed by atoms with E-state index in [1.54, 1.807) is 12.1 Å². The first-order chi connectivity index (χ1) is 8.72. The number of methoxy groups -OCH3 is 1. The highest BCUT2D eigenvalue weighted by Crippen LogP contribution is 2.46. The van der Waals surface area contributed by atoms with Crippen LogP contribution in [0.15, 0.2) is 12.1 Å². The Kier molecular flexibility index (Phi) is 2.44. The third-order valence-corrected chi connectivity index (χ3v) is 3.69. The normalized spacial score (nSPS) is 24.3. The molecular weight excluding hydrogens is 230 g/mol. The molecule has 2 heterocycles. The summed E-state index contributed by atoms with van der Waals surface area (Å²) in [6, 6.07) is 5.47. The first-order valence-electron chi connectivity index (χ1n) is 5.97. The number of rotatable bonds is 2. The highest BCUT2D eigenvalue weighted by Gasteiger charge is 2.45. The number of piperidine rings is 1. The Morgan fingerprint density at radius 2 is 2.22 bits per heavy atom. The zero-order valence-corrected chi connectivity index (χ0v) is 10.1. The highest BCUT2D eigenvalue weighted by atomic mass is 16.5. The van der Waals surface area contributed by atoms with Crippen LogP contribution < -0.4 is 4.90 Å². The van der Waals surface area contributed by atoms with Gasteiger partial charge in [-0.1, -0.05) is 0 Å². The van der Waals surface area contributed by atoms with Crippen LogP contribution in [0, 0.1) is 23.2 Å². The van der Waals surface area contributed by atoms with Crippen molar-refractivity contribution in [1.29, 1.82) is 5.26 Å². The minimum Gasteiger partial charge on any atom is -0.464 e. The van der Waals surface area contributed by atoms with Crippen LogP contribution in [0.3, 0.4) is 0 Å².